The van der Waals surface area contributed by atoms with E-state index in [1.807, 2.05) is 42.5 Å². The summed E-state index contributed by atoms with van der Waals surface area (Å²) < 4.78 is 5.82. The van der Waals surface area contributed by atoms with E-state index in [1.54, 1.807) is 0 Å². The Hall–Kier alpha value is -3.74. The van der Waals surface area contributed by atoms with Gasteiger partial charge in [0.25, 0.3) is 0 Å². The molecule has 0 saturated heterocycles. The first-order valence-corrected chi connectivity index (χ1v) is 23.3. The van der Waals surface area contributed by atoms with Crippen LogP contribution in [-0.4, -0.2) is 46.9 Å². The Bertz CT molecular complexity index is 1280. The summed E-state index contributed by atoms with van der Waals surface area (Å²) in [7, 11) is 0. The van der Waals surface area contributed by atoms with E-state index < -0.39 is 18.2 Å². The lowest BCUT2D eigenvalue weighted by atomic mass is 10.0. The molecule has 59 heavy (non-hydrogen) atoms. The van der Waals surface area contributed by atoms with Gasteiger partial charge in [0.15, 0.2) is 0 Å². The Morgan fingerprint density at radius 2 is 1.00 bits per heavy atom. The van der Waals surface area contributed by atoms with E-state index in [2.05, 4.69) is 105 Å². The third-order valence-corrected chi connectivity index (χ3v) is 9.64. The van der Waals surface area contributed by atoms with Crippen molar-refractivity contribution >= 4 is 11.9 Å². The zero-order valence-electron chi connectivity index (χ0n) is 37.6. The molecule has 0 spiro atoms. The second-order valence-corrected chi connectivity index (χ2v) is 15.1. The molecular weight excluding hydrogens is 731 g/mol. The highest BCUT2D eigenvalue weighted by molar-refractivity contribution is 5.77. The Morgan fingerprint density at radius 1 is 0.525 bits per heavy atom. The zero-order valence-corrected chi connectivity index (χ0v) is 37.6. The molecule has 0 aliphatic carbocycles. The molecule has 0 radical (unpaired) electrons. The number of hydrogen-bond donors (Lipinski definition) is 3. The Kier molecular flexibility index (Phi) is 42.5. The predicted molar refractivity (Wildman–Crippen MR) is 254 cm³/mol. The van der Waals surface area contributed by atoms with Gasteiger partial charge in [-0.05, 0) is 77.0 Å². The summed E-state index contributed by atoms with van der Waals surface area (Å²) in [5, 5.41) is 23.6. The molecule has 1 amide bonds. The van der Waals surface area contributed by atoms with Gasteiger partial charge in [-0.25, -0.2) is 0 Å². The normalized spacial score (nSPS) is 14.5. The van der Waals surface area contributed by atoms with Crippen LogP contribution in [0.3, 0.4) is 0 Å². The summed E-state index contributed by atoms with van der Waals surface area (Å²) in [6, 6.07) is -0.744. The van der Waals surface area contributed by atoms with Crippen LogP contribution in [0.2, 0.25) is 0 Å². The van der Waals surface area contributed by atoms with Gasteiger partial charge in [-0.3, -0.25) is 9.59 Å². The molecule has 6 heteroatoms. The number of amides is 1. The SMILES string of the molecule is CC/C=C\C/C=C\C/C=C\C/C=C\C/C=C\C/C=C\CCC(=O)OC(CCC\C=C/C=C\C=C\C=C\CC)CC(=O)NC(CO)C(O)CCCCCCCCCCCC. The molecule has 3 N–H and O–H groups in total. The monoisotopic (exact) mass is 816 g/mol. The van der Waals surface area contributed by atoms with Crippen molar-refractivity contribution in [3.05, 3.63) is 122 Å². The van der Waals surface area contributed by atoms with Crippen LogP contribution in [0.5, 0.6) is 0 Å². The number of hydrogen-bond acceptors (Lipinski definition) is 5. The molecule has 0 aliphatic rings. The maximum Gasteiger partial charge on any atom is 0.306 e. The Balaban J connectivity index is 4.78. The number of nitrogens with one attached hydrogen (secondary N) is 1. The second-order valence-electron chi connectivity index (χ2n) is 15.1. The van der Waals surface area contributed by atoms with Gasteiger partial charge in [0, 0.05) is 6.42 Å². The standard InChI is InChI=1S/C53H85NO5/c1-4-7-10-13-16-19-22-23-24-25-26-27-28-29-31-34-37-40-43-46-53(58)59-49(44-41-38-35-32-30-20-17-14-11-8-5-2)47-52(57)54-50(48-55)51(56)45-42-39-36-33-21-18-15-12-9-6-3/h7-8,10-11,14,16-17,19-20,23-24,26-27,29-32,35,37,40,49-51,55-56H,4-6,9,12-13,15,18,21-22,25,28,33-34,36,38-39,41-48H2,1-3H3,(H,54,57)/b10-7-,11-8+,17-14+,19-16-,24-23-,27-26-,30-20-,31-29-,35-32-,40-37-. The number of rotatable bonds is 39. The first-order valence-electron chi connectivity index (χ1n) is 23.3. The molecule has 0 aromatic rings. The molecule has 3 unspecified atom stereocenters. The van der Waals surface area contributed by atoms with Gasteiger partial charge in [-0.2, -0.15) is 0 Å². The van der Waals surface area contributed by atoms with Crippen molar-refractivity contribution in [2.45, 2.75) is 193 Å². The molecule has 6 nitrogen and oxygen atoms in total. The average Bonchev–Trinajstić information content (AvgIpc) is 3.23. The average molecular weight is 816 g/mol. The van der Waals surface area contributed by atoms with Crippen molar-refractivity contribution in [3.63, 3.8) is 0 Å². The molecule has 0 saturated carbocycles. The molecule has 0 aromatic carbocycles. The van der Waals surface area contributed by atoms with Crippen molar-refractivity contribution in [2.24, 2.45) is 0 Å². The lowest BCUT2D eigenvalue weighted by molar-refractivity contribution is -0.150. The van der Waals surface area contributed by atoms with E-state index in [-0.39, 0.29) is 31.3 Å². The Labute approximate surface area is 361 Å². The number of aliphatic hydroxyl groups excluding tert-OH is 2. The van der Waals surface area contributed by atoms with Crippen molar-refractivity contribution in [3.8, 4) is 0 Å². The van der Waals surface area contributed by atoms with Gasteiger partial charge in [0.1, 0.15) is 6.10 Å². The minimum atomic E-state index is -0.823. The molecule has 332 valence electrons. The Morgan fingerprint density at radius 3 is 1.53 bits per heavy atom. The fourth-order valence-corrected chi connectivity index (χ4v) is 6.18. The topological polar surface area (TPSA) is 95.9 Å². The van der Waals surface area contributed by atoms with Crippen LogP contribution in [0, 0.1) is 0 Å². The van der Waals surface area contributed by atoms with Gasteiger partial charge in [-0.15, -0.1) is 0 Å². The van der Waals surface area contributed by atoms with Gasteiger partial charge in [0.05, 0.1) is 25.2 Å². The summed E-state index contributed by atoms with van der Waals surface area (Å²) in [6.07, 6.45) is 62.8. The third-order valence-electron chi connectivity index (χ3n) is 9.64. The fraction of sp³-hybridized carbons (Fsp3) is 0.585. The molecule has 0 bridgehead atoms. The minimum Gasteiger partial charge on any atom is -0.462 e. The first-order chi connectivity index (χ1) is 29.0. The van der Waals surface area contributed by atoms with Gasteiger partial charge >= 0.3 is 5.97 Å². The molecule has 3 atom stereocenters. The van der Waals surface area contributed by atoms with Crippen LogP contribution in [0.25, 0.3) is 0 Å². The summed E-state index contributed by atoms with van der Waals surface area (Å²) in [4.78, 5) is 25.9. The number of esters is 1. The predicted octanol–water partition coefficient (Wildman–Crippen LogP) is 13.7. The van der Waals surface area contributed by atoms with Gasteiger partial charge < -0.3 is 20.3 Å². The second kappa shape index (κ2) is 45.3. The molecular formula is C53H85NO5. The van der Waals surface area contributed by atoms with Crippen LogP contribution < -0.4 is 5.32 Å². The molecule has 0 fully saturated rings. The lowest BCUT2D eigenvalue weighted by Crippen LogP contribution is -2.46. The van der Waals surface area contributed by atoms with Crippen LogP contribution >= 0.6 is 0 Å². The summed E-state index contributed by atoms with van der Waals surface area (Å²) >= 11 is 0. The smallest absolute Gasteiger partial charge is 0.306 e. The zero-order chi connectivity index (χ0) is 43.1. The van der Waals surface area contributed by atoms with Crippen LogP contribution in [0.1, 0.15) is 175 Å². The van der Waals surface area contributed by atoms with E-state index in [4.69, 9.17) is 4.74 Å². The number of carbonyl (C=O) groups excluding carboxylic acids is 2. The number of ether oxygens (including phenoxy) is 1. The third kappa shape index (κ3) is 40.8. The quantitative estimate of drug-likeness (QED) is 0.0249. The van der Waals surface area contributed by atoms with Crippen molar-refractivity contribution in [2.75, 3.05) is 6.61 Å². The summed E-state index contributed by atoms with van der Waals surface area (Å²) in [5.74, 6) is -0.660. The van der Waals surface area contributed by atoms with E-state index in [9.17, 15) is 19.8 Å². The summed E-state index contributed by atoms with van der Waals surface area (Å²) in [6.45, 7) is 6.14. The fourth-order valence-electron chi connectivity index (χ4n) is 6.18. The summed E-state index contributed by atoms with van der Waals surface area (Å²) in [5.41, 5.74) is 0. The van der Waals surface area contributed by atoms with Crippen molar-refractivity contribution < 1.29 is 24.5 Å². The van der Waals surface area contributed by atoms with Crippen LogP contribution in [0.4, 0.5) is 0 Å². The number of carbonyl (C=O) groups is 2. The van der Waals surface area contributed by atoms with Crippen LogP contribution in [0.15, 0.2) is 122 Å². The van der Waals surface area contributed by atoms with Crippen LogP contribution in [-0.2, 0) is 14.3 Å². The maximum atomic E-state index is 13.1. The highest BCUT2D eigenvalue weighted by atomic mass is 16.5. The molecule has 0 aromatic heterocycles. The number of allylic oxidation sites excluding steroid dienone is 20. The molecule has 0 heterocycles. The van der Waals surface area contributed by atoms with Gasteiger partial charge in [-0.1, -0.05) is 206 Å². The molecule has 0 rings (SSSR count). The minimum absolute atomic E-state index is 0.00713. The largest absolute Gasteiger partial charge is 0.462 e. The molecule has 0 aliphatic heterocycles. The highest BCUT2D eigenvalue weighted by Crippen LogP contribution is 2.15. The number of unbranched alkanes of at least 4 members (excludes halogenated alkanes) is 10. The van der Waals surface area contributed by atoms with E-state index in [1.165, 1.54) is 44.9 Å². The van der Waals surface area contributed by atoms with Crippen molar-refractivity contribution in [1.29, 1.82) is 0 Å². The highest BCUT2D eigenvalue weighted by Gasteiger charge is 2.23. The lowest BCUT2D eigenvalue weighted by Gasteiger charge is -2.24. The van der Waals surface area contributed by atoms with Gasteiger partial charge in [0.2, 0.25) is 5.91 Å². The van der Waals surface area contributed by atoms with E-state index in [0.717, 1.165) is 77.0 Å². The van der Waals surface area contributed by atoms with E-state index >= 15 is 0 Å². The first kappa shape index (κ1) is 55.3. The van der Waals surface area contributed by atoms with E-state index in [0.29, 0.717) is 19.3 Å². The maximum absolute atomic E-state index is 13.1. The number of aliphatic hydroxyl groups is 2. The van der Waals surface area contributed by atoms with Crippen molar-refractivity contribution in [1.82, 2.24) is 5.32 Å².